The quantitative estimate of drug-likeness (QED) is 0.405. The molecular formula is H7AlCaFeMgNdNi. The maximum atomic E-state index is 0. The van der Waals surface area contributed by atoms with Gasteiger partial charge in [-0.2, -0.15) is 0 Å². The Kier molecular flexibility index (Phi) is 241. The van der Waals surface area contributed by atoms with Crippen molar-refractivity contribution in [3.8, 4) is 0 Å². The molecule has 0 fully saturated rings. The van der Waals surface area contributed by atoms with Crippen LogP contribution in [0.1, 0.15) is 0 Å². The zero-order chi connectivity index (χ0) is 0. The van der Waals surface area contributed by atoms with Gasteiger partial charge in [-0.1, -0.05) is 0 Å². The molecule has 0 saturated carbocycles. The van der Waals surface area contributed by atoms with Crippen LogP contribution in [0.25, 0.3) is 0 Å². The van der Waals surface area contributed by atoms with Gasteiger partial charge < -0.3 is 0 Å². The van der Waals surface area contributed by atoms with Crippen molar-refractivity contribution < 1.29 is 74.4 Å². The van der Waals surface area contributed by atoms with E-state index in [9.17, 15) is 0 Å². The summed E-state index contributed by atoms with van der Waals surface area (Å²) in [5.41, 5.74) is 0. The van der Waals surface area contributed by atoms with Gasteiger partial charge in [-0.3, -0.25) is 0 Å². The second-order valence-electron chi connectivity index (χ2n) is 0. The van der Waals surface area contributed by atoms with E-state index in [1.165, 1.54) is 0 Å². The first-order valence-corrected chi connectivity index (χ1v) is 0. The van der Waals surface area contributed by atoms with Crippen molar-refractivity contribution in [1.82, 2.24) is 0 Å². The van der Waals surface area contributed by atoms with Crippen LogP contribution in [0, 0.1) is 40.8 Å². The molecule has 0 aromatic rings. The fourth-order valence-electron chi connectivity index (χ4n) is 0. The van der Waals surface area contributed by atoms with E-state index in [1.54, 1.807) is 0 Å². The Morgan fingerprint density at radius 1 is 1.00 bits per heavy atom. The van der Waals surface area contributed by atoms with Crippen LogP contribution in [0.3, 0.4) is 0 Å². The predicted octanol–water partition coefficient (Wildman–Crippen LogP) is -3.02. The van der Waals surface area contributed by atoms with Crippen LogP contribution in [0.15, 0.2) is 0 Å². The molecule has 0 rings (SSSR count). The van der Waals surface area contributed by atoms with E-state index in [-0.39, 0.29) is 153 Å². The molecule has 0 saturated heterocycles. The molecule has 0 N–H and O–H groups in total. The van der Waals surface area contributed by atoms with Gasteiger partial charge in [0.2, 0.25) is 0 Å². The van der Waals surface area contributed by atoms with Gasteiger partial charge >= 0.3 is 60.8 Å². The SMILES string of the molecule is [AlH3].[CaH2].[Fe].[MgH2].[Nd].[Ni]. The zero-order valence-electron chi connectivity index (χ0n) is 1.17. The molecule has 0 aliphatic heterocycles. The molecule has 0 aliphatic rings. The first-order valence-electron chi connectivity index (χ1n) is 0. The maximum absolute atomic E-state index is 0. The summed E-state index contributed by atoms with van der Waals surface area (Å²) in [5.74, 6) is 0. The average Bonchev–Trinajstić information content (AvgIpc) is 0. The number of rotatable bonds is 0. The summed E-state index contributed by atoms with van der Waals surface area (Å²) in [6.45, 7) is 0. The molecular weight excluding hydrogens is 350 g/mol. The minimum Gasteiger partial charge on any atom is 0 e. The van der Waals surface area contributed by atoms with Gasteiger partial charge in [0.15, 0.2) is 17.4 Å². The third kappa shape index (κ3) is 23.1. The van der Waals surface area contributed by atoms with Gasteiger partial charge in [-0.25, -0.2) is 0 Å². The van der Waals surface area contributed by atoms with Crippen LogP contribution in [0.4, 0.5) is 0 Å². The summed E-state index contributed by atoms with van der Waals surface area (Å²) in [6.07, 6.45) is 0. The predicted molar refractivity (Wildman–Crippen MR) is 27.0 cm³/mol. The Labute approximate surface area is 148 Å². The van der Waals surface area contributed by atoms with E-state index < -0.39 is 0 Å². The van der Waals surface area contributed by atoms with Crippen LogP contribution in [0.5, 0.6) is 0 Å². The third-order valence-corrected chi connectivity index (χ3v) is 0. The monoisotopic (exact) mass is 354 g/mol. The van der Waals surface area contributed by atoms with E-state index in [0.717, 1.165) is 0 Å². The summed E-state index contributed by atoms with van der Waals surface area (Å²) in [7, 11) is 0. The minimum absolute atomic E-state index is 0. The topological polar surface area (TPSA) is 0 Å². The Hall–Kier alpha value is 4.92. The van der Waals surface area contributed by atoms with E-state index in [1.807, 2.05) is 0 Å². The van der Waals surface area contributed by atoms with Gasteiger partial charge in [0.05, 0.1) is 0 Å². The van der Waals surface area contributed by atoms with Crippen LogP contribution in [-0.2, 0) is 33.6 Å². The second kappa shape index (κ2) is 32.6. The molecule has 6 heavy (non-hydrogen) atoms. The van der Waals surface area contributed by atoms with E-state index in [4.69, 9.17) is 0 Å². The minimum atomic E-state index is 0. The van der Waals surface area contributed by atoms with Crippen molar-refractivity contribution >= 4 is 78.2 Å². The van der Waals surface area contributed by atoms with Crippen molar-refractivity contribution in [3.05, 3.63) is 0 Å². The van der Waals surface area contributed by atoms with Crippen molar-refractivity contribution in [1.29, 1.82) is 0 Å². The third-order valence-electron chi connectivity index (χ3n) is 0. The first-order chi connectivity index (χ1) is 0. The molecule has 0 unspecified atom stereocenters. The van der Waals surface area contributed by atoms with E-state index in [0.29, 0.717) is 0 Å². The van der Waals surface area contributed by atoms with Crippen LogP contribution >= 0.6 is 0 Å². The van der Waals surface area contributed by atoms with Crippen LogP contribution in [0.2, 0.25) is 0 Å². The Bertz CT molecular complexity index is 15.5. The average molecular weight is 357 g/mol. The number of hydrogen-bond acceptors (Lipinski definition) is 0. The normalized spacial score (nSPS) is 0. The Morgan fingerprint density at radius 2 is 1.00 bits per heavy atom. The summed E-state index contributed by atoms with van der Waals surface area (Å²) >= 11 is 0. The molecule has 0 aromatic carbocycles. The van der Waals surface area contributed by atoms with E-state index >= 15 is 0 Å². The van der Waals surface area contributed by atoms with Gasteiger partial charge in [0, 0.05) is 74.4 Å². The molecule has 0 spiro atoms. The molecule has 0 bridgehead atoms. The molecule has 0 aromatic heterocycles. The smallest absolute Gasteiger partial charge is 0 e. The fourth-order valence-corrected chi connectivity index (χ4v) is 0. The summed E-state index contributed by atoms with van der Waals surface area (Å²) < 4.78 is 0. The summed E-state index contributed by atoms with van der Waals surface area (Å²) in [4.78, 5) is 0. The standard InChI is InChI=1S/Al.Ca.Fe.Mg.Nd.Ni.7H. The summed E-state index contributed by atoms with van der Waals surface area (Å²) in [5, 5.41) is 0. The van der Waals surface area contributed by atoms with Gasteiger partial charge in [-0.15, -0.1) is 0 Å². The van der Waals surface area contributed by atoms with Crippen molar-refractivity contribution in [2.75, 3.05) is 0 Å². The van der Waals surface area contributed by atoms with E-state index in [2.05, 4.69) is 0 Å². The van der Waals surface area contributed by atoms with Gasteiger partial charge in [0.1, 0.15) is 0 Å². The molecule has 0 amide bonds. The number of hydrogen-bond donors (Lipinski definition) is 0. The Morgan fingerprint density at radius 3 is 1.00 bits per heavy atom. The fraction of sp³-hybridized carbons (Fsp3) is 0. The molecule has 0 atom stereocenters. The van der Waals surface area contributed by atoms with Crippen molar-refractivity contribution in [3.63, 3.8) is 0 Å². The maximum Gasteiger partial charge on any atom is 0.316 e. The van der Waals surface area contributed by atoms with Gasteiger partial charge in [-0.05, 0) is 0 Å². The summed E-state index contributed by atoms with van der Waals surface area (Å²) in [6, 6.07) is 0. The van der Waals surface area contributed by atoms with Crippen molar-refractivity contribution in [2.24, 2.45) is 0 Å². The molecule has 36 valence electrons. The molecule has 0 aliphatic carbocycles. The molecule has 0 heterocycles. The van der Waals surface area contributed by atoms with Crippen LogP contribution < -0.4 is 0 Å². The molecule has 0 radical (unpaired) electrons. The first kappa shape index (κ1) is 44.4. The second-order valence-corrected chi connectivity index (χ2v) is 0. The Balaban J connectivity index is 0. The zero-order valence-corrected chi connectivity index (χ0v) is 6.47. The molecule has 6 heteroatoms. The van der Waals surface area contributed by atoms with Crippen molar-refractivity contribution in [2.45, 2.75) is 0 Å². The largest absolute Gasteiger partial charge is 0.316 e. The van der Waals surface area contributed by atoms with Gasteiger partial charge in [0.25, 0.3) is 0 Å². The van der Waals surface area contributed by atoms with Crippen LogP contribution in [-0.4, -0.2) is 78.2 Å². The molecule has 0 nitrogen and oxygen atoms in total.